The van der Waals surface area contributed by atoms with E-state index in [1.54, 1.807) is 0 Å². The molecule has 0 spiro atoms. The molecule has 0 unspecified atom stereocenters. The summed E-state index contributed by atoms with van der Waals surface area (Å²) in [5.41, 5.74) is 6.93. The van der Waals surface area contributed by atoms with Gasteiger partial charge in [-0.3, -0.25) is 0 Å². The van der Waals surface area contributed by atoms with Gasteiger partial charge in [0.15, 0.2) is 29.0 Å². The molecule has 32 heavy (non-hydrogen) atoms. The van der Waals surface area contributed by atoms with Crippen LogP contribution in [0.25, 0.3) is 16.9 Å². The Balaban J connectivity index is 1.78. The number of hydrogen-bond acceptors (Lipinski definition) is 6. The molecule has 4 rings (SSSR count). The van der Waals surface area contributed by atoms with E-state index in [-0.39, 0.29) is 11.5 Å². The molecule has 3 heterocycles. The van der Waals surface area contributed by atoms with E-state index in [1.165, 1.54) is 28.9 Å². The molecule has 4 aromatic rings. The quantitative estimate of drug-likeness (QED) is 0.414. The van der Waals surface area contributed by atoms with Gasteiger partial charge in [0.25, 0.3) is 0 Å². The normalized spacial score (nSPS) is 11.3. The molecule has 0 aliphatic rings. The first-order valence-electron chi connectivity index (χ1n) is 9.28. The summed E-state index contributed by atoms with van der Waals surface area (Å²) >= 11 is 0. The van der Waals surface area contributed by atoms with Gasteiger partial charge < -0.3 is 15.8 Å². The summed E-state index contributed by atoms with van der Waals surface area (Å²) in [5.74, 6) is -4.22. The maximum absolute atomic E-state index is 14.6. The second-order valence-corrected chi connectivity index (χ2v) is 6.59. The molecule has 0 amide bonds. The van der Waals surface area contributed by atoms with Crippen molar-refractivity contribution < 1.29 is 26.7 Å². The van der Waals surface area contributed by atoms with Gasteiger partial charge in [0.1, 0.15) is 5.82 Å². The number of nitrogens with one attached hydrogen (secondary N) is 1. The molecule has 3 N–H and O–H groups in total. The third-order valence-electron chi connectivity index (χ3n) is 4.52. The first-order chi connectivity index (χ1) is 15.3. The van der Waals surface area contributed by atoms with Crippen LogP contribution in [0.1, 0.15) is 12.6 Å². The maximum atomic E-state index is 14.6. The Morgan fingerprint density at radius 2 is 1.91 bits per heavy atom. The molecule has 0 atom stereocenters. The highest BCUT2D eigenvalue weighted by molar-refractivity contribution is 5.80. The van der Waals surface area contributed by atoms with Crippen molar-refractivity contribution >= 4 is 22.8 Å². The van der Waals surface area contributed by atoms with Crippen LogP contribution in [0.3, 0.4) is 0 Å². The summed E-state index contributed by atoms with van der Waals surface area (Å²) in [6.45, 7) is -1.38. The monoisotopic (exact) mass is 450 g/mol. The van der Waals surface area contributed by atoms with Crippen molar-refractivity contribution in [1.82, 2.24) is 19.6 Å². The van der Waals surface area contributed by atoms with E-state index in [0.29, 0.717) is 23.2 Å². The lowest BCUT2D eigenvalue weighted by molar-refractivity contribution is -0.0521. The third-order valence-corrected chi connectivity index (χ3v) is 4.52. The zero-order valence-corrected chi connectivity index (χ0v) is 16.4. The van der Waals surface area contributed by atoms with Gasteiger partial charge in [-0.25, -0.2) is 23.3 Å². The van der Waals surface area contributed by atoms with E-state index in [0.717, 1.165) is 12.1 Å². The van der Waals surface area contributed by atoms with E-state index in [9.17, 15) is 22.0 Å². The zero-order chi connectivity index (χ0) is 23.0. The SMILES string of the molecule is CCc1nn2ccc(F)cc2c1-c1nc(N)c(F)c(Nc2ccc(OC(F)F)c(F)c2)n1. The van der Waals surface area contributed by atoms with Crippen LogP contribution in [0.4, 0.5) is 39.3 Å². The van der Waals surface area contributed by atoms with Crippen LogP contribution in [0.2, 0.25) is 0 Å². The highest BCUT2D eigenvalue weighted by Gasteiger charge is 2.21. The minimum Gasteiger partial charge on any atom is -0.432 e. The van der Waals surface area contributed by atoms with Crippen molar-refractivity contribution in [1.29, 1.82) is 0 Å². The van der Waals surface area contributed by atoms with Gasteiger partial charge in [-0.15, -0.1) is 0 Å². The topological polar surface area (TPSA) is 90.4 Å². The predicted molar refractivity (Wildman–Crippen MR) is 106 cm³/mol. The summed E-state index contributed by atoms with van der Waals surface area (Å²) in [6.07, 6.45) is 1.87. The van der Waals surface area contributed by atoms with Crippen LogP contribution >= 0.6 is 0 Å². The van der Waals surface area contributed by atoms with Gasteiger partial charge in [-0.2, -0.15) is 18.3 Å². The first kappa shape index (κ1) is 21.3. The third kappa shape index (κ3) is 3.98. The van der Waals surface area contributed by atoms with Gasteiger partial charge in [-0.1, -0.05) is 6.92 Å². The Kier molecular flexibility index (Phi) is 5.51. The largest absolute Gasteiger partial charge is 0.432 e. The highest BCUT2D eigenvalue weighted by atomic mass is 19.3. The number of ether oxygens (including phenoxy) is 1. The molecule has 0 saturated carbocycles. The summed E-state index contributed by atoms with van der Waals surface area (Å²) in [4.78, 5) is 8.10. The van der Waals surface area contributed by atoms with E-state index in [1.807, 2.05) is 6.92 Å². The fraction of sp³-hybridized carbons (Fsp3) is 0.150. The average Bonchev–Trinajstić information content (AvgIpc) is 3.10. The fourth-order valence-corrected chi connectivity index (χ4v) is 3.13. The van der Waals surface area contributed by atoms with Crippen molar-refractivity contribution in [2.24, 2.45) is 0 Å². The van der Waals surface area contributed by atoms with Crippen molar-refractivity contribution in [3.8, 4) is 17.1 Å². The van der Waals surface area contributed by atoms with E-state index < -0.39 is 41.4 Å². The van der Waals surface area contributed by atoms with Crippen molar-refractivity contribution in [2.45, 2.75) is 20.0 Å². The van der Waals surface area contributed by atoms with E-state index in [2.05, 4.69) is 25.1 Å². The van der Waals surface area contributed by atoms with E-state index >= 15 is 0 Å². The van der Waals surface area contributed by atoms with Gasteiger partial charge >= 0.3 is 6.61 Å². The Labute approximate surface area is 177 Å². The number of rotatable bonds is 6. The highest BCUT2D eigenvalue weighted by Crippen LogP contribution is 2.31. The lowest BCUT2D eigenvalue weighted by Crippen LogP contribution is -2.07. The first-order valence-corrected chi connectivity index (χ1v) is 9.28. The molecule has 0 aliphatic carbocycles. The second-order valence-electron chi connectivity index (χ2n) is 6.59. The van der Waals surface area contributed by atoms with Gasteiger partial charge in [0.2, 0.25) is 5.82 Å². The number of nitrogens with zero attached hydrogens (tertiary/aromatic N) is 4. The summed E-state index contributed by atoms with van der Waals surface area (Å²) in [5, 5.41) is 6.89. The molecule has 0 bridgehead atoms. The van der Waals surface area contributed by atoms with Gasteiger partial charge in [0.05, 0.1) is 16.8 Å². The Bertz CT molecular complexity index is 1310. The lowest BCUT2D eigenvalue weighted by atomic mass is 10.1. The average molecular weight is 450 g/mol. The van der Waals surface area contributed by atoms with Gasteiger partial charge in [0, 0.05) is 24.0 Å². The fourth-order valence-electron chi connectivity index (χ4n) is 3.13. The molecule has 0 aliphatic heterocycles. The van der Waals surface area contributed by atoms with Crippen LogP contribution in [0, 0.1) is 17.5 Å². The van der Waals surface area contributed by atoms with Crippen LogP contribution < -0.4 is 15.8 Å². The second kappa shape index (κ2) is 8.29. The molecule has 1 aromatic carbocycles. The molecule has 0 fully saturated rings. The summed E-state index contributed by atoms with van der Waals surface area (Å²) < 4.78 is 72.5. The van der Waals surface area contributed by atoms with Crippen molar-refractivity contribution in [3.05, 3.63) is 59.7 Å². The van der Waals surface area contributed by atoms with Crippen LogP contribution in [-0.2, 0) is 6.42 Å². The number of nitrogens with two attached hydrogens (primary N) is 1. The number of aromatic nitrogens is 4. The van der Waals surface area contributed by atoms with Crippen LogP contribution in [0.5, 0.6) is 5.75 Å². The standard InChI is InChI=1S/C20H15F5N6O/c1-2-12-15(13-7-9(21)5-6-31(13)30-12)18-28-17(26)16(23)19(29-18)27-10-3-4-14(11(22)8-10)32-20(24)25/h3-8,20H,2H2,1H3,(H3,26,27,28,29). The van der Waals surface area contributed by atoms with Crippen molar-refractivity contribution in [2.75, 3.05) is 11.1 Å². The number of nitrogen functional groups attached to an aromatic ring is 1. The Morgan fingerprint density at radius 3 is 2.59 bits per heavy atom. The molecule has 7 nitrogen and oxygen atoms in total. The smallest absolute Gasteiger partial charge is 0.387 e. The molecule has 0 radical (unpaired) electrons. The number of anilines is 3. The summed E-state index contributed by atoms with van der Waals surface area (Å²) in [7, 11) is 0. The summed E-state index contributed by atoms with van der Waals surface area (Å²) in [6, 6.07) is 5.44. The predicted octanol–water partition coefficient (Wildman–Crippen LogP) is 4.70. The minimum absolute atomic E-state index is 0.00584. The molecule has 12 heteroatoms. The number of alkyl halides is 2. The molecule has 166 valence electrons. The Morgan fingerprint density at radius 1 is 1.12 bits per heavy atom. The Hall–Kier alpha value is -3.96. The number of halogens is 5. The van der Waals surface area contributed by atoms with Gasteiger partial charge in [-0.05, 0) is 24.6 Å². The number of fused-ring (bicyclic) bond motifs is 1. The molecular formula is C20H15F5N6O. The minimum atomic E-state index is -3.20. The van der Waals surface area contributed by atoms with Crippen LogP contribution in [-0.4, -0.2) is 26.2 Å². The number of aryl methyl sites for hydroxylation is 1. The molecular weight excluding hydrogens is 435 g/mol. The van der Waals surface area contributed by atoms with Crippen LogP contribution in [0.15, 0.2) is 36.5 Å². The number of hydrogen-bond donors (Lipinski definition) is 2. The van der Waals surface area contributed by atoms with Crippen molar-refractivity contribution in [3.63, 3.8) is 0 Å². The maximum Gasteiger partial charge on any atom is 0.387 e. The number of benzene rings is 1. The van der Waals surface area contributed by atoms with E-state index in [4.69, 9.17) is 5.73 Å². The molecule has 0 saturated heterocycles. The number of pyridine rings is 1. The lowest BCUT2D eigenvalue weighted by Gasteiger charge is -2.12. The zero-order valence-electron chi connectivity index (χ0n) is 16.4. The molecule has 3 aromatic heterocycles.